The van der Waals surface area contributed by atoms with Gasteiger partial charge >= 0.3 is 0 Å². The first-order chi connectivity index (χ1) is 12.8. The van der Waals surface area contributed by atoms with Gasteiger partial charge in [0.1, 0.15) is 0 Å². The molecule has 2 aromatic carbocycles. The lowest BCUT2D eigenvalue weighted by Gasteiger charge is -2.09. The molecule has 140 valence electrons. The molecule has 0 saturated heterocycles. The van der Waals surface area contributed by atoms with Crippen LogP contribution in [0, 0.1) is 0 Å². The van der Waals surface area contributed by atoms with Crippen LogP contribution >= 0.6 is 0 Å². The number of nitrogens with zero attached hydrogens (tertiary/aromatic N) is 2. The summed E-state index contributed by atoms with van der Waals surface area (Å²) in [5, 5.41) is 7.72. The molecule has 2 N–H and O–H groups in total. The Hall–Kier alpha value is -3.04. The summed E-state index contributed by atoms with van der Waals surface area (Å²) in [6.45, 7) is 0.192. The Morgan fingerprint density at radius 2 is 1.70 bits per heavy atom. The van der Waals surface area contributed by atoms with Crippen LogP contribution in [-0.2, 0) is 23.6 Å². The smallest absolute Gasteiger partial charge is 0.274 e. The largest absolute Gasteiger partial charge is 0.347 e. The maximum atomic E-state index is 12.6. The molecule has 1 heterocycles. The molecule has 9 heteroatoms. The highest BCUT2D eigenvalue weighted by molar-refractivity contribution is 7.89. The van der Waals surface area contributed by atoms with Crippen molar-refractivity contribution in [3.05, 3.63) is 70.1 Å². The Labute approximate surface area is 155 Å². The molecule has 0 spiro atoms. The molecule has 0 unspecified atom stereocenters. The van der Waals surface area contributed by atoms with Crippen molar-refractivity contribution in [2.24, 2.45) is 7.05 Å². The zero-order valence-corrected chi connectivity index (χ0v) is 15.6. The highest BCUT2D eigenvalue weighted by Crippen LogP contribution is 2.14. The Morgan fingerprint density at radius 1 is 1.07 bits per heavy atom. The lowest BCUT2D eigenvalue weighted by atomic mass is 10.1. The molecule has 0 bridgehead atoms. The van der Waals surface area contributed by atoms with Crippen LogP contribution in [0.25, 0.3) is 10.8 Å². The summed E-state index contributed by atoms with van der Waals surface area (Å²) in [6.07, 6.45) is 0. The van der Waals surface area contributed by atoms with Gasteiger partial charge in [0, 0.05) is 19.0 Å². The first-order valence-electron chi connectivity index (χ1n) is 8.10. The third kappa shape index (κ3) is 3.74. The van der Waals surface area contributed by atoms with Gasteiger partial charge in [-0.25, -0.2) is 17.8 Å². The lowest BCUT2D eigenvalue weighted by molar-refractivity contribution is 0.0945. The number of rotatable bonds is 5. The standard InChI is InChI=1S/C18H18N4O4S/c1-19-27(25,26)13-9-7-12(8-10-13)11-20-17(23)16-14-5-3-4-6-15(14)18(24)22(2)21-16/h3-10,19H,11H2,1-2H3,(H,20,23). The number of sulfonamides is 1. The summed E-state index contributed by atoms with van der Waals surface area (Å²) in [5.74, 6) is -0.422. The topological polar surface area (TPSA) is 110 Å². The Kier molecular flexibility index (Phi) is 5.06. The number of aryl methyl sites for hydroxylation is 1. The van der Waals surface area contributed by atoms with Gasteiger partial charge in [-0.1, -0.05) is 30.3 Å². The van der Waals surface area contributed by atoms with Crippen molar-refractivity contribution in [3.8, 4) is 0 Å². The zero-order valence-electron chi connectivity index (χ0n) is 14.8. The molecule has 3 aromatic rings. The lowest BCUT2D eigenvalue weighted by Crippen LogP contribution is -2.29. The number of aromatic nitrogens is 2. The number of hydrogen-bond donors (Lipinski definition) is 2. The fourth-order valence-electron chi connectivity index (χ4n) is 2.64. The van der Waals surface area contributed by atoms with Gasteiger partial charge in [-0.3, -0.25) is 9.59 Å². The van der Waals surface area contributed by atoms with E-state index in [0.717, 1.165) is 10.2 Å². The Balaban J connectivity index is 1.82. The molecule has 27 heavy (non-hydrogen) atoms. The highest BCUT2D eigenvalue weighted by Gasteiger charge is 2.15. The number of carbonyl (C=O) groups is 1. The fraction of sp³-hybridized carbons (Fsp3) is 0.167. The number of fused-ring (bicyclic) bond motifs is 1. The van der Waals surface area contributed by atoms with Gasteiger partial charge in [0.05, 0.1) is 10.3 Å². The van der Waals surface area contributed by atoms with Gasteiger partial charge in [-0.05, 0) is 30.8 Å². The normalized spacial score (nSPS) is 11.5. The second-order valence-corrected chi connectivity index (χ2v) is 7.74. The predicted molar refractivity (Wildman–Crippen MR) is 101 cm³/mol. The minimum Gasteiger partial charge on any atom is -0.347 e. The molecule has 0 radical (unpaired) electrons. The highest BCUT2D eigenvalue weighted by atomic mass is 32.2. The van der Waals surface area contributed by atoms with Crippen LogP contribution in [0.5, 0.6) is 0 Å². The number of amides is 1. The van der Waals surface area contributed by atoms with Crippen LogP contribution in [0.2, 0.25) is 0 Å². The molecular formula is C18H18N4O4S. The molecule has 0 atom stereocenters. The van der Waals surface area contributed by atoms with Gasteiger partial charge in [0.25, 0.3) is 11.5 Å². The van der Waals surface area contributed by atoms with Crippen LogP contribution in [0.15, 0.2) is 58.2 Å². The molecule has 1 aromatic heterocycles. The second kappa shape index (κ2) is 7.29. The SMILES string of the molecule is CNS(=O)(=O)c1ccc(CNC(=O)c2nn(C)c(=O)c3ccccc23)cc1. The minimum atomic E-state index is -3.50. The van der Waals surface area contributed by atoms with Crippen molar-refractivity contribution in [1.29, 1.82) is 0 Å². The average molecular weight is 386 g/mol. The van der Waals surface area contributed by atoms with Gasteiger partial charge < -0.3 is 5.32 Å². The molecule has 3 rings (SSSR count). The Bertz CT molecular complexity index is 1170. The zero-order chi connectivity index (χ0) is 19.6. The van der Waals surface area contributed by atoms with Crippen LogP contribution in [-0.4, -0.2) is 31.2 Å². The van der Waals surface area contributed by atoms with E-state index in [1.54, 1.807) is 36.4 Å². The maximum absolute atomic E-state index is 12.6. The van der Waals surface area contributed by atoms with E-state index in [-0.39, 0.29) is 22.7 Å². The van der Waals surface area contributed by atoms with Gasteiger partial charge in [-0.2, -0.15) is 5.10 Å². The number of hydrogen-bond acceptors (Lipinski definition) is 5. The number of benzene rings is 2. The molecule has 0 fully saturated rings. The monoisotopic (exact) mass is 386 g/mol. The van der Waals surface area contributed by atoms with E-state index in [0.29, 0.717) is 10.8 Å². The predicted octanol–water partition coefficient (Wildman–Crippen LogP) is 0.772. The summed E-state index contributed by atoms with van der Waals surface area (Å²) in [4.78, 5) is 24.9. The molecule has 1 amide bonds. The number of carbonyl (C=O) groups excluding carboxylic acids is 1. The van der Waals surface area contributed by atoms with E-state index in [4.69, 9.17) is 0 Å². The van der Waals surface area contributed by atoms with Crippen LogP contribution in [0.1, 0.15) is 16.1 Å². The van der Waals surface area contributed by atoms with Gasteiger partial charge in [0.15, 0.2) is 5.69 Å². The van der Waals surface area contributed by atoms with E-state index in [1.807, 2.05) is 0 Å². The van der Waals surface area contributed by atoms with Crippen LogP contribution in [0.4, 0.5) is 0 Å². The average Bonchev–Trinajstić information content (AvgIpc) is 2.69. The number of nitrogens with one attached hydrogen (secondary N) is 2. The fourth-order valence-corrected chi connectivity index (χ4v) is 3.37. The van der Waals surface area contributed by atoms with Crippen molar-refractivity contribution in [2.45, 2.75) is 11.4 Å². The molecule has 0 aliphatic heterocycles. The maximum Gasteiger partial charge on any atom is 0.274 e. The van der Waals surface area contributed by atoms with E-state index < -0.39 is 15.9 Å². The summed E-state index contributed by atoms with van der Waals surface area (Å²) < 4.78 is 26.8. The molecule has 0 aliphatic carbocycles. The Morgan fingerprint density at radius 3 is 2.33 bits per heavy atom. The van der Waals surface area contributed by atoms with E-state index in [9.17, 15) is 18.0 Å². The molecule has 0 aliphatic rings. The first kappa shape index (κ1) is 18.7. The quantitative estimate of drug-likeness (QED) is 0.673. The van der Waals surface area contributed by atoms with E-state index >= 15 is 0 Å². The van der Waals surface area contributed by atoms with Gasteiger partial charge in [0.2, 0.25) is 10.0 Å². The third-order valence-electron chi connectivity index (χ3n) is 4.13. The molecular weight excluding hydrogens is 368 g/mol. The third-order valence-corrected chi connectivity index (χ3v) is 5.56. The van der Waals surface area contributed by atoms with Crippen molar-refractivity contribution in [3.63, 3.8) is 0 Å². The first-order valence-corrected chi connectivity index (χ1v) is 9.58. The minimum absolute atomic E-state index is 0.144. The van der Waals surface area contributed by atoms with Gasteiger partial charge in [-0.15, -0.1) is 0 Å². The van der Waals surface area contributed by atoms with Crippen LogP contribution < -0.4 is 15.6 Å². The summed E-state index contributed by atoms with van der Waals surface area (Å²) in [6, 6.07) is 13.0. The van der Waals surface area contributed by atoms with Crippen molar-refractivity contribution in [2.75, 3.05) is 7.05 Å². The van der Waals surface area contributed by atoms with Crippen molar-refractivity contribution in [1.82, 2.24) is 19.8 Å². The second-order valence-electron chi connectivity index (χ2n) is 5.86. The molecule has 0 saturated carbocycles. The summed E-state index contributed by atoms with van der Waals surface area (Å²) in [5.41, 5.74) is 0.609. The molecule has 8 nitrogen and oxygen atoms in total. The van der Waals surface area contributed by atoms with E-state index in [2.05, 4.69) is 15.1 Å². The van der Waals surface area contributed by atoms with Crippen molar-refractivity contribution < 1.29 is 13.2 Å². The van der Waals surface area contributed by atoms with Crippen molar-refractivity contribution >= 4 is 26.7 Å². The van der Waals surface area contributed by atoms with Crippen LogP contribution in [0.3, 0.4) is 0 Å². The summed E-state index contributed by atoms with van der Waals surface area (Å²) in [7, 11) is -0.668. The summed E-state index contributed by atoms with van der Waals surface area (Å²) >= 11 is 0. The van der Waals surface area contributed by atoms with E-state index in [1.165, 1.54) is 26.2 Å².